The number of hydrogen-bond donors (Lipinski definition) is 2. The Balaban J connectivity index is 1.73. The summed E-state index contributed by atoms with van der Waals surface area (Å²) in [6.07, 6.45) is 6.83. The lowest BCUT2D eigenvalue weighted by atomic mass is 10.0. The van der Waals surface area contributed by atoms with E-state index in [-0.39, 0.29) is 5.91 Å². The Bertz CT molecular complexity index is 300. The van der Waals surface area contributed by atoms with Crippen LogP contribution in [0.25, 0.3) is 0 Å². The Hall–Kier alpha value is -0.650. The summed E-state index contributed by atoms with van der Waals surface area (Å²) in [5, 5.41) is 6.74. The van der Waals surface area contributed by atoms with Crippen LogP contribution < -0.4 is 10.6 Å². The zero-order valence-corrected chi connectivity index (χ0v) is 13.4. The van der Waals surface area contributed by atoms with E-state index in [9.17, 15) is 4.79 Å². The van der Waals surface area contributed by atoms with Crippen LogP contribution in [-0.2, 0) is 9.53 Å². The largest absolute Gasteiger partial charge is 0.381 e. The Kier molecular flexibility index (Phi) is 7.47. The van der Waals surface area contributed by atoms with E-state index in [4.69, 9.17) is 4.74 Å². The molecule has 0 aromatic carbocycles. The van der Waals surface area contributed by atoms with Crippen LogP contribution >= 0.6 is 0 Å². The molecule has 0 radical (unpaired) electrons. The van der Waals surface area contributed by atoms with Gasteiger partial charge in [0.25, 0.3) is 0 Å². The van der Waals surface area contributed by atoms with Gasteiger partial charge in [-0.25, -0.2) is 0 Å². The number of carbonyl (C=O) groups is 1. The van der Waals surface area contributed by atoms with Crippen molar-refractivity contribution in [2.75, 3.05) is 39.4 Å². The quantitative estimate of drug-likeness (QED) is 0.740. The van der Waals surface area contributed by atoms with Crippen LogP contribution in [0.4, 0.5) is 0 Å². The van der Waals surface area contributed by atoms with E-state index in [1.165, 1.54) is 19.3 Å². The van der Waals surface area contributed by atoms with E-state index < -0.39 is 0 Å². The highest BCUT2D eigenvalue weighted by atomic mass is 16.5. The highest BCUT2D eigenvalue weighted by Gasteiger charge is 2.20. The van der Waals surface area contributed by atoms with Gasteiger partial charge in [-0.1, -0.05) is 13.3 Å². The van der Waals surface area contributed by atoms with Gasteiger partial charge in [0.1, 0.15) is 0 Å². The molecule has 0 aromatic rings. The molecular formula is C16H31N3O2. The fourth-order valence-electron chi connectivity index (χ4n) is 3.26. The predicted octanol–water partition coefficient (Wildman–Crippen LogP) is 1.14. The summed E-state index contributed by atoms with van der Waals surface area (Å²) in [5.41, 5.74) is 0. The molecule has 122 valence electrons. The summed E-state index contributed by atoms with van der Waals surface area (Å²) in [6, 6.07) is 0.865. The summed E-state index contributed by atoms with van der Waals surface area (Å²) in [5.74, 6) is 0.172. The van der Waals surface area contributed by atoms with Crippen LogP contribution in [0.15, 0.2) is 0 Å². The van der Waals surface area contributed by atoms with E-state index in [2.05, 4.69) is 22.5 Å². The highest BCUT2D eigenvalue weighted by Crippen LogP contribution is 2.09. The van der Waals surface area contributed by atoms with Gasteiger partial charge >= 0.3 is 0 Å². The van der Waals surface area contributed by atoms with Gasteiger partial charge in [-0.15, -0.1) is 0 Å². The maximum atomic E-state index is 12.2. The average Bonchev–Trinajstić information content (AvgIpc) is 2.49. The molecule has 5 heteroatoms. The summed E-state index contributed by atoms with van der Waals surface area (Å²) in [7, 11) is 0. The van der Waals surface area contributed by atoms with Crippen molar-refractivity contribution in [1.82, 2.24) is 15.5 Å². The number of carbonyl (C=O) groups excluding carboxylic acids is 1. The number of piperidine rings is 1. The molecule has 1 atom stereocenters. The monoisotopic (exact) mass is 297 g/mol. The van der Waals surface area contributed by atoms with Crippen molar-refractivity contribution >= 4 is 5.91 Å². The molecule has 0 aromatic heterocycles. The number of hydrogen-bond acceptors (Lipinski definition) is 4. The fourth-order valence-corrected chi connectivity index (χ4v) is 3.26. The second-order valence-electron chi connectivity index (χ2n) is 6.34. The SMILES string of the molecule is CCCN(CC(=O)NC1CCOCC1)CC1CCCCN1. The normalized spacial score (nSPS) is 24.2. The van der Waals surface area contributed by atoms with Crippen molar-refractivity contribution in [2.45, 2.75) is 57.5 Å². The zero-order valence-electron chi connectivity index (χ0n) is 13.4. The highest BCUT2D eigenvalue weighted by molar-refractivity contribution is 5.78. The first-order chi connectivity index (χ1) is 10.3. The number of rotatable bonds is 7. The molecule has 0 bridgehead atoms. The number of ether oxygens (including phenoxy) is 1. The number of nitrogens with one attached hydrogen (secondary N) is 2. The summed E-state index contributed by atoms with van der Waals surface area (Å²) >= 11 is 0. The molecule has 2 heterocycles. The minimum absolute atomic E-state index is 0.172. The molecule has 21 heavy (non-hydrogen) atoms. The molecule has 2 rings (SSSR count). The lowest BCUT2D eigenvalue weighted by Crippen LogP contribution is -2.48. The standard InChI is InChI=1S/C16H31N3O2/c1-2-9-19(12-15-5-3-4-8-17-15)13-16(20)18-14-6-10-21-11-7-14/h14-15,17H,2-13H2,1H3,(H,18,20). The average molecular weight is 297 g/mol. The Morgan fingerprint density at radius 2 is 2.10 bits per heavy atom. The summed E-state index contributed by atoms with van der Waals surface area (Å²) < 4.78 is 5.33. The minimum atomic E-state index is 0.172. The molecule has 1 amide bonds. The van der Waals surface area contributed by atoms with Gasteiger partial charge in [0.05, 0.1) is 6.54 Å². The molecule has 2 aliphatic rings. The van der Waals surface area contributed by atoms with E-state index in [0.29, 0.717) is 18.6 Å². The summed E-state index contributed by atoms with van der Waals surface area (Å²) in [4.78, 5) is 14.5. The van der Waals surface area contributed by atoms with Gasteiger partial charge in [-0.2, -0.15) is 0 Å². The molecule has 0 spiro atoms. The smallest absolute Gasteiger partial charge is 0.234 e. The Morgan fingerprint density at radius 3 is 2.76 bits per heavy atom. The maximum absolute atomic E-state index is 12.2. The van der Waals surface area contributed by atoms with Gasteiger partial charge in [0.15, 0.2) is 0 Å². The topological polar surface area (TPSA) is 53.6 Å². The first-order valence-corrected chi connectivity index (χ1v) is 8.60. The third-order valence-corrected chi connectivity index (χ3v) is 4.38. The third-order valence-electron chi connectivity index (χ3n) is 4.38. The van der Waals surface area contributed by atoms with Crippen molar-refractivity contribution in [2.24, 2.45) is 0 Å². The molecule has 2 N–H and O–H groups in total. The number of nitrogens with zero attached hydrogens (tertiary/aromatic N) is 1. The molecule has 2 fully saturated rings. The van der Waals surface area contributed by atoms with Crippen molar-refractivity contribution in [3.63, 3.8) is 0 Å². The Labute approximate surface area is 128 Å². The van der Waals surface area contributed by atoms with Crippen LogP contribution in [-0.4, -0.2) is 62.3 Å². The Morgan fingerprint density at radius 1 is 1.29 bits per heavy atom. The van der Waals surface area contributed by atoms with Gasteiger partial charge in [0.2, 0.25) is 5.91 Å². The van der Waals surface area contributed by atoms with Crippen LogP contribution in [0.3, 0.4) is 0 Å². The van der Waals surface area contributed by atoms with Crippen molar-refractivity contribution < 1.29 is 9.53 Å². The summed E-state index contributed by atoms with van der Waals surface area (Å²) in [6.45, 7) is 7.37. The lowest BCUT2D eigenvalue weighted by Gasteiger charge is -2.31. The van der Waals surface area contributed by atoms with Crippen LogP contribution in [0.2, 0.25) is 0 Å². The zero-order chi connectivity index (χ0) is 14.9. The van der Waals surface area contributed by atoms with Crippen LogP contribution in [0, 0.1) is 0 Å². The molecule has 1 unspecified atom stereocenters. The fraction of sp³-hybridized carbons (Fsp3) is 0.938. The van der Waals surface area contributed by atoms with E-state index in [0.717, 1.165) is 52.1 Å². The van der Waals surface area contributed by atoms with Crippen molar-refractivity contribution in [3.8, 4) is 0 Å². The van der Waals surface area contributed by atoms with Gasteiger partial charge in [-0.05, 0) is 45.2 Å². The lowest BCUT2D eigenvalue weighted by molar-refractivity contribution is -0.123. The van der Waals surface area contributed by atoms with Crippen molar-refractivity contribution in [1.29, 1.82) is 0 Å². The molecule has 0 aliphatic carbocycles. The molecule has 0 saturated carbocycles. The van der Waals surface area contributed by atoms with E-state index in [1.54, 1.807) is 0 Å². The van der Waals surface area contributed by atoms with Gasteiger partial charge < -0.3 is 15.4 Å². The van der Waals surface area contributed by atoms with Gasteiger partial charge in [-0.3, -0.25) is 9.69 Å². The second kappa shape index (κ2) is 9.38. The van der Waals surface area contributed by atoms with E-state index >= 15 is 0 Å². The van der Waals surface area contributed by atoms with E-state index in [1.807, 2.05) is 0 Å². The minimum Gasteiger partial charge on any atom is -0.381 e. The maximum Gasteiger partial charge on any atom is 0.234 e. The van der Waals surface area contributed by atoms with Crippen molar-refractivity contribution in [3.05, 3.63) is 0 Å². The number of amides is 1. The van der Waals surface area contributed by atoms with Gasteiger partial charge in [0, 0.05) is 31.8 Å². The molecular weight excluding hydrogens is 266 g/mol. The first-order valence-electron chi connectivity index (χ1n) is 8.60. The molecule has 5 nitrogen and oxygen atoms in total. The van der Waals surface area contributed by atoms with Crippen LogP contribution in [0.1, 0.15) is 45.4 Å². The predicted molar refractivity (Wildman–Crippen MR) is 84.4 cm³/mol. The second-order valence-corrected chi connectivity index (χ2v) is 6.34. The first kappa shape index (κ1) is 16.7. The third kappa shape index (κ3) is 6.32. The molecule has 2 saturated heterocycles. The molecule has 2 aliphatic heterocycles. The van der Waals surface area contributed by atoms with Crippen LogP contribution in [0.5, 0.6) is 0 Å².